The van der Waals surface area contributed by atoms with Gasteiger partial charge in [-0.25, -0.2) is 0 Å². The van der Waals surface area contributed by atoms with Crippen LogP contribution in [0.15, 0.2) is 54.6 Å². The van der Waals surface area contributed by atoms with Crippen molar-refractivity contribution in [1.29, 1.82) is 0 Å². The van der Waals surface area contributed by atoms with Crippen molar-refractivity contribution in [3.63, 3.8) is 0 Å². The zero-order valence-electron chi connectivity index (χ0n) is 10.8. The highest BCUT2D eigenvalue weighted by Crippen LogP contribution is 2.17. The number of rotatable bonds is 5. The topological polar surface area (TPSA) is 38.0 Å². The Balaban J connectivity index is 1.94. The van der Waals surface area contributed by atoms with E-state index in [0.717, 1.165) is 18.7 Å². The molecule has 0 aliphatic carbocycles. The molecule has 2 aromatic carbocycles. The second kappa shape index (κ2) is 6.22. The third kappa shape index (κ3) is 3.34. The van der Waals surface area contributed by atoms with Crippen molar-refractivity contribution in [3.8, 4) is 0 Å². The lowest BCUT2D eigenvalue weighted by atomic mass is 10.1. The predicted octanol–water partition coefficient (Wildman–Crippen LogP) is 3.71. The molecule has 2 nitrogen and oxygen atoms in total. The van der Waals surface area contributed by atoms with Gasteiger partial charge in [0.2, 0.25) is 0 Å². The van der Waals surface area contributed by atoms with E-state index in [9.17, 15) is 0 Å². The van der Waals surface area contributed by atoms with Crippen LogP contribution in [0.5, 0.6) is 0 Å². The normalized spacial score (nSPS) is 12.1. The Morgan fingerprint density at radius 1 is 1.00 bits per heavy atom. The Labute approximate surface area is 109 Å². The monoisotopic (exact) mass is 240 g/mol. The molecule has 2 aromatic rings. The van der Waals surface area contributed by atoms with Crippen LogP contribution in [-0.2, 0) is 6.54 Å². The van der Waals surface area contributed by atoms with Gasteiger partial charge in [0.15, 0.2) is 0 Å². The van der Waals surface area contributed by atoms with Crippen LogP contribution in [0.25, 0.3) is 0 Å². The highest BCUT2D eigenvalue weighted by molar-refractivity contribution is 5.45. The van der Waals surface area contributed by atoms with Crippen LogP contribution in [0.1, 0.15) is 30.5 Å². The quantitative estimate of drug-likeness (QED) is 0.836. The van der Waals surface area contributed by atoms with E-state index >= 15 is 0 Å². The van der Waals surface area contributed by atoms with E-state index in [0.29, 0.717) is 0 Å². The molecule has 3 N–H and O–H groups in total. The minimum absolute atomic E-state index is 0.146. The zero-order valence-corrected chi connectivity index (χ0v) is 10.8. The minimum atomic E-state index is 0.146. The van der Waals surface area contributed by atoms with Crippen LogP contribution in [0.2, 0.25) is 0 Å². The summed E-state index contributed by atoms with van der Waals surface area (Å²) in [7, 11) is 0. The highest BCUT2D eigenvalue weighted by Gasteiger charge is 2.02. The highest BCUT2D eigenvalue weighted by atomic mass is 14.9. The Hall–Kier alpha value is -1.80. The molecule has 0 amide bonds. The van der Waals surface area contributed by atoms with Gasteiger partial charge in [-0.3, -0.25) is 0 Å². The number of hydrogen-bond acceptors (Lipinski definition) is 2. The summed E-state index contributed by atoms with van der Waals surface area (Å²) < 4.78 is 0. The summed E-state index contributed by atoms with van der Waals surface area (Å²) in [6, 6.07) is 18.9. The second-order valence-corrected chi connectivity index (χ2v) is 4.48. The van der Waals surface area contributed by atoms with Crippen LogP contribution in [0.4, 0.5) is 5.69 Å². The maximum Gasteiger partial charge on any atom is 0.0400 e. The van der Waals surface area contributed by atoms with Gasteiger partial charge in [0.25, 0.3) is 0 Å². The van der Waals surface area contributed by atoms with Crippen molar-refractivity contribution < 1.29 is 0 Å². The Kier molecular flexibility index (Phi) is 4.37. The van der Waals surface area contributed by atoms with Crippen molar-refractivity contribution in [2.75, 3.05) is 5.32 Å². The van der Waals surface area contributed by atoms with Gasteiger partial charge in [0.05, 0.1) is 0 Å². The molecule has 1 unspecified atom stereocenters. The molecule has 94 valence electrons. The van der Waals surface area contributed by atoms with Crippen LogP contribution in [0.3, 0.4) is 0 Å². The fourth-order valence-electron chi connectivity index (χ4n) is 1.88. The van der Waals surface area contributed by atoms with Crippen molar-refractivity contribution in [1.82, 2.24) is 0 Å². The minimum Gasteiger partial charge on any atom is -0.381 e. The summed E-state index contributed by atoms with van der Waals surface area (Å²) in [5.41, 5.74) is 9.60. The molecule has 2 heteroatoms. The predicted molar refractivity (Wildman–Crippen MR) is 77.4 cm³/mol. The fourth-order valence-corrected chi connectivity index (χ4v) is 1.88. The molecule has 0 radical (unpaired) electrons. The average Bonchev–Trinajstić information content (AvgIpc) is 2.46. The van der Waals surface area contributed by atoms with Gasteiger partial charge >= 0.3 is 0 Å². The SMILES string of the molecule is CCC(N)c1ccc(NCc2ccccc2)cc1. The third-order valence-electron chi connectivity index (χ3n) is 3.12. The van der Waals surface area contributed by atoms with Crippen molar-refractivity contribution >= 4 is 5.69 Å². The van der Waals surface area contributed by atoms with E-state index in [2.05, 4.69) is 60.8 Å². The molecule has 2 rings (SSSR count). The van der Waals surface area contributed by atoms with Gasteiger partial charge in [0.1, 0.15) is 0 Å². The smallest absolute Gasteiger partial charge is 0.0400 e. The van der Waals surface area contributed by atoms with Gasteiger partial charge in [-0.15, -0.1) is 0 Å². The summed E-state index contributed by atoms with van der Waals surface area (Å²) in [6.07, 6.45) is 0.969. The van der Waals surface area contributed by atoms with Crippen LogP contribution in [-0.4, -0.2) is 0 Å². The van der Waals surface area contributed by atoms with Gasteiger partial charge in [0, 0.05) is 18.3 Å². The van der Waals surface area contributed by atoms with Gasteiger partial charge in [-0.1, -0.05) is 49.4 Å². The molecule has 0 heterocycles. The molecule has 0 aromatic heterocycles. The molecule has 0 aliphatic rings. The maximum absolute atomic E-state index is 5.99. The van der Waals surface area contributed by atoms with Gasteiger partial charge in [-0.05, 0) is 29.7 Å². The second-order valence-electron chi connectivity index (χ2n) is 4.48. The summed E-state index contributed by atoms with van der Waals surface area (Å²) >= 11 is 0. The molecule has 0 spiro atoms. The van der Waals surface area contributed by atoms with Gasteiger partial charge < -0.3 is 11.1 Å². The van der Waals surface area contributed by atoms with E-state index in [1.165, 1.54) is 11.1 Å². The number of nitrogens with two attached hydrogens (primary N) is 1. The number of benzene rings is 2. The summed E-state index contributed by atoms with van der Waals surface area (Å²) in [5, 5.41) is 3.40. The van der Waals surface area contributed by atoms with E-state index in [-0.39, 0.29) is 6.04 Å². The summed E-state index contributed by atoms with van der Waals surface area (Å²) in [5.74, 6) is 0. The molecule has 18 heavy (non-hydrogen) atoms. The molecule has 0 bridgehead atoms. The maximum atomic E-state index is 5.99. The summed E-state index contributed by atoms with van der Waals surface area (Å²) in [4.78, 5) is 0. The van der Waals surface area contributed by atoms with Crippen LogP contribution < -0.4 is 11.1 Å². The first-order chi connectivity index (χ1) is 8.79. The standard InChI is InChI=1S/C16H20N2/c1-2-16(17)14-8-10-15(11-9-14)18-12-13-6-4-3-5-7-13/h3-11,16,18H,2,12,17H2,1H3. The first-order valence-electron chi connectivity index (χ1n) is 6.43. The number of anilines is 1. The molecular weight excluding hydrogens is 220 g/mol. The largest absolute Gasteiger partial charge is 0.381 e. The first kappa shape index (κ1) is 12.7. The fraction of sp³-hybridized carbons (Fsp3) is 0.250. The summed E-state index contributed by atoms with van der Waals surface area (Å²) in [6.45, 7) is 2.95. The molecule has 0 fully saturated rings. The Bertz CT molecular complexity index is 462. The van der Waals surface area contributed by atoms with E-state index in [1.54, 1.807) is 0 Å². The van der Waals surface area contributed by atoms with E-state index in [1.807, 2.05) is 6.07 Å². The molecule has 1 atom stereocenters. The van der Waals surface area contributed by atoms with Crippen LogP contribution in [0, 0.1) is 0 Å². The van der Waals surface area contributed by atoms with Crippen molar-refractivity contribution in [2.45, 2.75) is 25.9 Å². The number of hydrogen-bond donors (Lipinski definition) is 2. The molecular formula is C16H20N2. The first-order valence-corrected chi connectivity index (χ1v) is 6.43. The third-order valence-corrected chi connectivity index (χ3v) is 3.12. The van der Waals surface area contributed by atoms with Crippen molar-refractivity contribution in [3.05, 3.63) is 65.7 Å². The molecule has 0 saturated heterocycles. The van der Waals surface area contributed by atoms with Crippen molar-refractivity contribution in [2.24, 2.45) is 5.73 Å². The van der Waals surface area contributed by atoms with E-state index in [4.69, 9.17) is 5.73 Å². The lowest BCUT2D eigenvalue weighted by molar-refractivity contribution is 0.699. The van der Waals surface area contributed by atoms with Gasteiger partial charge in [-0.2, -0.15) is 0 Å². The van der Waals surface area contributed by atoms with Crippen LogP contribution >= 0.6 is 0 Å². The Morgan fingerprint density at radius 3 is 2.28 bits per heavy atom. The van der Waals surface area contributed by atoms with E-state index < -0.39 is 0 Å². The zero-order chi connectivity index (χ0) is 12.8. The lowest BCUT2D eigenvalue weighted by Gasteiger charge is -2.11. The molecule has 0 saturated carbocycles. The number of nitrogens with one attached hydrogen (secondary N) is 1. The molecule has 0 aliphatic heterocycles. The Morgan fingerprint density at radius 2 is 1.67 bits per heavy atom. The average molecular weight is 240 g/mol. The lowest BCUT2D eigenvalue weighted by Crippen LogP contribution is -2.08.